The van der Waals surface area contributed by atoms with Gasteiger partial charge >= 0.3 is 6.03 Å². The predicted molar refractivity (Wildman–Crippen MR) is 138 cm³/mol. The van der Waals surface area contributed by atoms with Gasteiger partial charge < -0.3 is 24.4 Å². The van der Waals surface area contributed by atoms with Crippen LogP contribution in [0.15, 0.2) is 48.5 Å². The van der Waals surface area contributed by atoms with Crippen LogP contribution in [0.5, 0.6) is 11.5 Å². The Bertz CT molecular complexity index is 1020. The summed E-state index contributed by atoms with van der Waals surface area (Å²) in [6, 6.07) is 14.6. The van der Waals surface area contributed by atoms with E-state index in [0.29, 0.717) is 45.2 Å². The molecule has 0 saturated carbocycles. The number of hydrogen-bond donors (Lipinski definition) is 1. The highest BCUT2D eigenvalue weighted by atomic mass is 16.5. The SMILES string of the molecule is CCOc1ccc([C@H](CNC(=O)N2CC=C(c3ccc(C)cc3)CC2)N2CCOCC2)cc1OC. The summed E-state index contributed by atoms with van der Waals surface area (Å²) in [4.78, 5) is 17.3. The Kier molecular flexibility index (Phi) is 8.66. The van der Waals surface area contributed by atoms with Crippen LogP contribution in [0.25, 0.3) is 5.57 Å². The van der Waals surface area contributed by atoms with Crippen molar-refractivity contribution in [3.8, 4) is 11.5 Å². The van der Waals surface area contributed by atoms with Crippen LogP contribution in [-0.2, 0) is 4.74 Å². The summed E-state index contributed by atoms with van der Waals surface area (Å²) in [5, 5.41) is 3.19. The summed E-state index contributed by atoms with van der Waals surface area (Å²) in [5.74, 6) is 1.44. The zero-order valence-corrected chi connectivity index (χ0v) is 21.1. The van der Waals surface area contributed by atoms with Crippen molar-refractivity contribution in [1.29, 1.82) is 0 Å². The van der Waals surface area contributed by atoms with Crippen molar-refractivity contribution in [2.45, 2.75) is 26.3 Å². The van der Waals surface area contributed by atoms with Crippen molar-refractivity contribution in [3.63, 3.8) is 0 Å². The van der Waals surface area contributed by atoms with Gasteiger partial charge in [-0.25, -0.2) is 4.79 Å². The van der Waals surface area contributed by atoms with Gasteiger partial charge in [0, 0.05) is 32.7 Å². The minimum atomic E-state index is -0.0274. The molecule has 35 heavy (non-hydrogen) atoms. The second kappa shape index (κ2) is 12.1. The van der Waals surface area contributed by atoms with E-state index < -0.39 is 0 Å². The third-order valence-corrected chi connectivity index (χ3v) is 6.72. The number of amides is 2. The quantitative estimate of drug-likeness (QED) is 0.613. The maximum atomic E-state index is 13.1. The van der Waals surface area contributed by atoms with E-state index in [1.165, 1.54) is 16.7 Å². The standard InChI is InChI=1S/C28H37N3O4/c1-4-35-26-10-9-24(19-27(26)33-3)25(30-15-17-34-18-16-30)20-29-28(32)31-13-11-23(12-14-31)22-7-5-21(2)6-8-22/h5-11,19,25H,4,12-18,20H2,1-3H3,(H,29,32)/t25-/m0/s1. The van der Waals surface area contributed by atoms with E-state index in [1.807, 2.05) is 24.0 Å². The number of nitrogens with one attached hydrogen (secondary N) is 1. The Morgan fingerprint density at radius 1 is 1.09 bits per heavy atom. The first kappa shape index (κ1) is 25.1. The number of carbonyl (C=O) groups excluding carboxylic acids is 1. The lowest BCUT2D eigenvalue weighted by molar-refractivity contribution is 0.0164. The molecule has 7 heteroatoms. The average Bonchev–Trinajstić information content (AvgIpc) is 2.90. The molecule has 0 spiro atoms. The fourth-order valence-corrected chi connectivity index (χ4v) is 4.69. The van der Waals surface area contributed by atoms with Crippen molar-refractivity contribution < 1.29 is 19.0 Å². The van der Waals surface area contributed by atoms with Crippen molar-refractivity contribution in [2.75, 3.05) is 59.7 Å². The molecule has 0 radical (unpaired) electrons. The van der Waals surface area contributed by atoms with Gasteiger partial charge in [0.1, 0.15) is 0 Å². The number of rotatable bonds is 8. The largest absolute Gasteiger partial charge is 0.493 e. The zero-order valence-electron chi connectivity index (χ0n) is 21.1. The van der Waals surface area contributed by atoms with Crippen LogP contribution in [0.3, 0.4) is 0 Å². The highest BCUT2D eigenvalue weighted by molar-refractivity contribution is 5.76. The lowest BCUT2D eigenvalue weighted by Gasteiger charge is -2.36. The molecule has 1 N–H and O–H groups in total. The van der Waals surface area contributed by atoms with Crippen LogP contribution < -0.4 is 14.8 Å². The zero-order chi connectivity index (χ0) is 24.6. The molecular formula is C28H37N3O4. The maximum absolute atomic E-state index is 13.1. The molecule has 0 aliphatic carbocycles. The van der Waals surface area contributed by atoms with Gasteiger partial charge in [-0.2, -0.15) is 0 Å². The minimum Gasteiger partial charge on any atom is -0.493 e. The van der Waals surface area contributed by atoms with Crippen molar-refractivity contribution in [3.05, 3.63) is 65.2 Å². The number of nitrogens with zero attached hydrogens (tertiary/aromatic N) is 2. The monoisotopic (exact) mass is 479 g/mol. The van der Waals surface area contributed by atoms with Crippen molar-refractivity contribution in [2.24, 2.45) is 0 Å². The number of aryl methyl sites for hydroxylation is 1. The van der Waals surface area contributed by atoms with Crippen LogP contribution in [0.4, 0.5) is 4.79 Å². The third-order valence-electron chi connectivity index (χ3n) is 6.72. The molecule has 2 heterocycles. The van der Waals surface area contributed by atoms with Crippen LogP contribution in [0.2, 0.25) is 0 Å². The summed E-state index contributed by atoms with van der Waals surface area (Å²) in [6.45, 7) is 9.51. The fraction of sp³-hybridized carbons (Fsp3) is 0.464. The number of carbonyl (C=O) groups is 1. The van der Waals surface area contributed by atoms with E-state index in [9.17, 15) is 4.79 Å². The average molecular weight is 480 g/mol. The van der Waals surface area contributed by atoms with E-state index in [2.05, 4.69) is 53.5 Å². The highest BCUT2D eigenvalue weighted by Crippen LogP contribution is 2.32. The van der Waals surface area contributed by atoms with Gasteiger partial charge in [-0.15, -0.1) is 0 Å². The van der Waals surface area contributed by atoms with Gasteiger partial charge in [-0.05, 0) is 49.1 Å². The van der Waals surface area contributed by atoms with Gasteiger partial charge in [0.25, 0.3) is 0 Å². The fourth-order valence-electron chi connectivity index (χ4n) is 4.69. The predicted octanol–water partition coefficient (Wildman–Crippen LogP) is 4.27. The van der Waals surface area contributed by atoms with Crippen LogP contribution in [0, 0.1) is 6.92 Å². The van der Waals surface area contributed by atoms with E-state index >= 15 is 0 Å². The van der Waals surface area contributed by atoms with Crippen LogP contribution in [0.1, 0.15) is 36.1 Å². The second-order valence-electron chi connectivity index (χ2n) is 8.98. The van der Waals surface area contributed by atoms with E-state index in [0.717, 1.165) is 30.8 Å². The molecule has 2 aromatic rings. The van der Waals surface area contributed by atoms with E-state index in [1.54, 1.807) is 7.11 Å². The first-order valence-electron chi connectivity index (χ1n) is 12.5. The minimum absolute atomic E-state index is 0.0240. The summed E-state index contributed by atoms with van der Waals surface area (Å²) in [6.07, 6.45) is 3.03. The first-order valence-corrected chi connectivity index (χ1v) is 12.5. The Hall–Kier alpha value is -3.03. The topological polar surface area (TPSA) is 63.3 Å². The number of methoxy groups -OCH3 is 1. The lowest BCUT2D eigenvalue weighted by Crippen LogP contribution is -2.47. The van der Waals surface area contributed by atoms with Gasteiger partial charge in [0.05, 0.1) is 33.0 Å². The molecule has 7 nitrogen and oxygen atoms in total. The first-order chi connectivity index (χ1) is 17.1. The molecule has 188 valence electrons. The number of urea groups is 1. The molecule has 0 unspecified atom stereocenters. The molecular weight excluding hydrogens is 442 g/mol. The molecule has 2 aromatic carbocycles. The number of hydrogen-bond acceptors (Lipinski definition) is 5. The molecule has 1 fully saturated rings. The Morgan fingerprint density at radius 3 is 2.51 bits per heavy atom. The molecule has 0 bridgehead atoms. The van der Waals surface area contributed by atoms with Crippen molar-refractivity contribution in [1.82, 2.24) is 15.1 Å². The Balaban J connectivity index is 1.42. The Labute approximate surface area is 208 Å². The molecule has 0 aromatic heterocycles. The summed E-state index contributed by atoms with van der Waals surface area (Å²) < 4.78 is 16.8. The normalized spacial score (nSPS) is 17.5. The summed E-state index contributed by atoms with van der Waals surface area (Å²) in [5.41, 5.74) is 4.90. The molecule has 2 aliphatic rings. The Morgan fingerprint density at radius 2 is 1.86 bits per heavy atom. The summed E-state index contributed by atoms with van der Waals surface area (Å²) in [7, 11) is 1.65. The molecule has 2 aliphatic heterocycles. The second-order valence-corrected chi connectivity index (χ2v) is 8.98. The van der Waals surface area contributed by atoms with Crippen molar-refractivity contribution >= 4 is 11.6 Å². The molecule has 1 atom stereocenters. The third kappa shape index (κ3) is 6.35. The van der Waals surface area contributed by atoms with Gasteiger partial charge in [-0.1, -0.05) is 42.0 Å². The lowest BCUT2D eigenvalue weighted by atomic mass is 9.99. The number of morpholine rings is 1. The highest BCUT2D eigenvalue weighted by Gasteiger charge is 2.26. The van der Waals surface area contributed by atoms with Gasteiger partial charge in [0.15, 0.2) is 11.5 Å². The van der Waals surface area contributed by atoms with Crippen LogP contribution in [-0.4, -0.2) is 75.5 Å². The number of ether oxygens (including phenoxy) is 3. The summed E-state index contributed by atoms with van der Waals surface area (Å²) >= 11 is 0. The van der Waals surface area contributed by atoms with Gasteiger partial charge in [0.2, 0.25) is 0 Å². The van der Waals surface area contributed by atoms with Crippen LogP contribution >= 0.6 is 0 Å². The maximum Gasteiger partial charge on any atom is 0.317 e. The van der Waals surface area contributed by atoms with E-state index in [-0.39, 0.29) is 12.1 Å². The van der Waals surface area contributed by atoms with Gasteiger partial charge in [-0.3, -0.25) is 4.90 Å². The number of benzene rings is 2. The molecule has 1 saturated heterocycles. The molecule has 2 amide bonds. The molecule has 4 rings (SSSR count). The van der Waals surface area contributed by atoms with E-state index in [4.69, 9.17) is 14.2 Å². The smallest absolute Gasteiger partial charge is 0.317 e.